The van der Waals surface area contributed by atoms with Gasteiger partial charge < -0.3 is 5.11 Å². The van der Waals surface area contributed by atoms with Gasteiger partial charge in [-0.1, -0.05) is 67.9 Å². The van der Waals surface area contributed by atoms with Crippen molar-refractivity contribution < 1.29 is 5.11 Å². The molecule has 0 aromatic heterocycles. The number of hydrogen-bond donors (Lipinski definition) is 1. The van der Waals surface area contributed by atoms with Crippen LogP contribution in [0.3, 0.4) is 0 Å². The molecule has 1 nitrogen and oxygen atoms in total. The molecular formula is C20H21ClO. The quantitative estimate of drug-likeness (QED) is 0.809. The van der Waals surface area contributed by atoms with Crippen molar-refractivity contribution in [2.45, 2.75) is 38.7 Å². The summed E-state index contributed by atoms with van der Waals surface area (Å²) in [7, 11) is 0. The summed E-state index contributed by atoms with van der Waals surface area (Å²) in [5.41, 5.74) is 4.59. The maximum atomic E-state index is 11.5. The smallest absolute Gasteiger partial charge is 0.115 e. The van der Waals surface area contributed by atoms with E-state index in [1.807, 2.05) is 42.5 Å². The Morgan fingerprint density at radius 1 is 1.00 bits per heavy atom. The van der Waals surface area contributed by atoms with Crippen LogP contribution in [0, 0.1) is 0 Å². The Labute approximate surface area is 137 Å². The molecule has 1 aliphatic rings. The lowest BCUT2D eigenvalue weighted by atomic mass is 9.71. The molecule has 0 saturated heterocycles. The molecule has 0 radical (unpaired) electrons. The van der Waals surface area contributed by atoms with Gasteiger partial charge in [0.2, 0.25) is 0 Å². The van der Waals surface area contributed by atoms with Crippen LogP contribution in [0.2, 0.25) is 5.02 Å². The average Bonchev–Trinajstić information content (AvgIpc) is 2.54. The first kappa shape index (κ1) is 15.3. The van der Waals surface area contributed by atoms with Gasteiger partial charge in [-0.3, -0.25) is 0 Å². The number of rotatable bonds is 3. The summed E-state index contributed by atoms with van der Waals surface area (Å²) < 4.78 is 0. The van der Waals surface area contributed by atoms with Crippen molar-refractivity contribution in [2.75, 3.05) is 0 Å². The van der Waals surface area contributed by atoms with Gasteiger partial charge in [0.05, 0.1) is 0 Å². The molecule has 2 aromatic carbocycles. The number of aliphatic hydroxyl groups is 1. The Balaban J connectivity index is 2.28. The summed E-state index contributed by atoms with van der Waals surface area (Å²) in [6.07, 6.45) is 2.27. The summed E-state index contributed by atoms with van der Waals surface area (Å²) in [5.74, 6) is 0. The van der Waals surface area contributed by atoms with Crippen molar-refractivity contribution in [3.63, 3.8) is 0 Å². The molecule has 1 unspecified atom stereocenters. The van der Waals surface area contributed by atoms with E-state index in [0.717, 1.165) is 40.1 Å². The SMILES string of the molecule is CCC1=C(CC)C(O)(c2ccccc2)Cc2cccc(Cl)c21. The van der Waals surface area contributed by atoms with E-state index < -0.39 is 5.60 Å². The van der Waals surface area contributed by atoms with Gasteiger partial charge in [-0.05, 0) is 46.7 Å². The standard InChI is InChI=1S/C20H21ClO/c1-3-16-17(4-2)20(22,15-10-6-5-7-11-15)13-14-9-8-12-18(21)19(14)16/h5-12,22H,3-4,13H2,1-2H3. The molecule has 1 aliphatic carbocycles. The fraction of sp³-hybridized carbons (Fsp3) is 0.300. The van der Waals surface area contributed by atoms with E-state index in [1.54, 1.807) is 0 Å². The molecular weight excluding hydrogens is 292 g/mol. The lowest BCUT2D eigenvalue weighted by molar-refractivity contribution is 0.0721. The Kier molecular flexibility index (Phi) is 4.12. The van der Waals surface area contributed by atoms with E-state index in [-0.39, 0.29) is 0 Å². The third kappa shape index (κ3) is 2.29. The van der Waals surface area contributed by atoms with Gasteiger partial charge >= 0.3 is 0 Å². The highest BCUT2D eigenvalue weighted by atomic mass is 35.5. The number of halogens is 1. The van der Waals surface area contributed by atoms with Crippen LogP contribution in [-0.4, -0.2) is 5.11 Å². The number of hydrogen-bond acceptors (Lipinski definition) is 1. The lowest BCUT2D eigenvalue weighted by Gasteiger charge is -2.38. The highest BCUT2D eigenvalue weighted by Crippen LogP contribution is 2.47. The molecule has 2 aromatic rings. The third-order valence-electron chi connectivity index (χ3n) is 4.67. The Morgan fingerprint density at radius 3 is 2.36 bits per heavy atom. The molecule has 0 saturated carbocycles. The van der Waals surface area contributed by atoms with Crippen molar-refractivity contribution >= 4 is 17.2 Å². The summed E-state index contributed by atoms with van der Waals surface area (Å²) in [5, 5.41) is 12.3. The van der Waals surface area contributed by atoms with Gasteiger partial charge in [0.15, 0.2) is 0 Å². The molecule has 114 valence electrons. The summed E-state index contributed by atoms with van der Waals surface area (Å²) in [6, 6.07) is 16.0. The molecule has 1 N–H and O–H groups in total. The van der Waals surface area contributed by atoms with E-state index in [4.69, 9.17) is 11.6 Å². The number of fused-ring (bicyclic) bond motifs is 1. The molecule has 3 rings (SSSR count). The molecule has 0 amide bonds. The van der Waals surface area contributed by atoms with Crippen molar-refractivity contribution in [3.8, 4) is 0 Å². The second kappa shape index (κ2) is 5.91. The Bertz CT molecular complexity index is 718. The van der Waals surface area contributed by atoms with Crippen LogP contribution in [-0.2, 0) is 12.0 Å². The normalized spacial score (nSPS) is 20.9. The summed E-state index contributed by atoms with van der Waals surface area (Å²) >= 11 is 6.46. The van der Waals surface area contributed by atoms with Crippen molar-refractivity contribution in [2.24, 2.45) is 0 Å². The number of benzene rings is 2. The lowest BCUT2D eigenvalue weighted by Crippen LogP contribution is -2.35. The van der Waals surface area contributed by atoms with E-state index >= 15 is 0 Å². The van der Waals surface area contributed by atoms with Gasteiger partial charge in [-0.15, -0.1) is 0 Å². The Hall–Kier alpha value is -1.57. The predicted octanol–water partition coefficient (Wildman–Crippen LogP) is 5.36. The molecule has 22 heavy (non-hydrogen) atoms. The third-order valence-corrected chi connectivity index (χ3v) is 4.98. The molecule has 0 aliphatic heterocycles. The van der Waals surface area contributed by atoms with Gasteiger partial charge in [0.1, 0.15) is 5.60 Å². The van der Waals surface area contributed by atoms with Crippen LogP contribution in [0.25, 0.3) is 5.57 Å². The number of allylic oxidation sites excluding steroid dienone is 1. The molecule has 0 fully saturated rings. The Morgan fingerprint density at radius 2 is 1.73 bits per heavy atom. The topological polar surface area (TPSA) is 20.2 Å². The van der Waals surface area contributed by atoms with Crippen LogP contribution in [0.15, 0.2) is 54.1 Å². The fourth-order valence-corrected chi connectivity index (χ4v) is 4.03. The molecule has 2 heteroatoms. The molecule has 0 bridgehead atoms. The minimum Gasteiger partial charge on any atom is -0.380 e. The largest absolute Gasteiger partial charge is 0.380 e. The molecule has 0 heterocycles. The second-order valence-electron chi connectivity index (χ2n) is 5.84. The monoisotopic (exact) mass is 312 g/mol. The van der Waals surface area contributed by atoms with Crippen LogP contribution in [0.4, 0.5) is 0 Å². The fourth-order valence-electron chi connectivity index (χ4n) is 3.72. The van der Waals surface area contributed by atoms with Crippen molar-refractivity contribution in [1.29, 1.82) is 0 Å². The van der Waals surface area contributed by atoms with Crippen LogP contribution >= 0.6 is 11.6 Å². The zero-order chi connectivity index (χ0) is 15.7. The van der Waals surface area contributed by atoms with Crippen LogP contribution in [0.1, 0.15) is 43.4 Å². The highest BCUT2D eigenvalue weighted by molar-refractivity contribution is 6.32. The first-order chi connectivity index (χ1) is 10.6. The van der Waals surface area contributed by atoms with Gasteiger partial charge in [0.25, 0.3) is 0 Å². The maximum Gasteiger partial charge on any atom is 0.115 e. The zero-order valence-electron chi connectivity index (χ0n) is 13.1. The van der Waals surface area contributed by atoms with Crippen LogP contribution in [0.5, 0.6) is 0 Å². The average molecular weight is 313 g/mol. The van der Waals surface area contributed by atoms with E-state index in [9.17, 15) is 5.11 Å². The second-order valence-corrected chi connectivity index (χ2v) is 6.25. The minimum absolute atomic E-state index is 0.583. The first-order valence-electron chi connectivity index (χ1n) is 7.90. The molecule has 0 spiro atoms. The maximum absolute atomic E-state index is 11.5. The minimum atomic E-state index is -0.932. The van der Waals surface area contributed by atoms with E-state index in [1.165, 1.54) is 5.57 Å². The van der Waals surface area contributed by atoms with Gasteiger partial charge in [-0.2, -0.15) is 0 Å². The van der Waals surface area contributed by atoms with Crippen LogP contribution < -0.4 is 0 Å². The van der Waals surface area contributed by atoms with E-state index in [2.05, 4.69) is 19.9 Å². The summed E-state index contributed by atoms with van der Waals surface area (Å²) in [4.78, 5) is 0. The molecule has 1 atom stereocenters. The van der Waals surface area contributed by atoms with Crippen molar-refractivity contribution in [3.05, 3.63) is 75.8 Å². The zero-order valence-corrected chi connectivity index (χ0v) is 13.8. The van der Waals surface area contributed by atoms with E-state index in [0.29, 0.717) is 6.42 Å². The predicted molar refractivity (Wildman–Crippen MR) is 93.0 cm³/mol. The van der Waals surface area contributed by atoms with Gasteiger partial charge in [-0.25, -0.2) is 0 Å². The first-order valence-corrected chi connectivity index (χ1v) is 8.27. The highest BCUT2D eigenvalue weighted by Gasteiger charge is 2.39. The van der Waals surface area contributed by atoms with Gasteiger partial charge in [0, 0.05) is 11.4 Å². The summed E-state index contributed by atoms with van der Waals surface area (Å²) in [6.45, 7) is 4.25. The van der Waals surface area contributed by atoms with Crippen molar-refractivity contribution in [1.82, 2.24) is 0 Å².